The third-order valence-electron chi connectivity index (χ3n) is 4.63. The van der Waals surface area contributed by atoms with Crippen LogP contribution in [0.25, 0.3) is 0 Å². The van der Waals surface area contributed by atoms with Crippen LogP contribution in [0.15, 0.2) is 6.20 Å². The molecule has 1 saturated heterocycles. The normalized spacial score (nSPS) is 16.0. The van der Waals surface area contributed by atoms with Gasteiger partial charge in [-0.3, -0.25) is 19.1 Å². The fourth-order valence-corrected chi connectivity index (χ4v) is 3.26. The number of amides is 1. The summed E-state index contributed by atoms with van der Waals surface area (Å²) in [6.45, 7) is 7.80. The second kappa shape index (κ2) is 6.57. The van der Waals surface area contributed by atoms with E-state index in [1.165, 1.54) is 5.56 Å². The number of carbonyl (C=O) groups is 1. The third-order valence-corrected chi connectivity index (χ3v) is 5.08. The van der Waals surface area contributed by atoms with Gasteiger partial charge >= 0.3 is 0 Å². The molecule has 7 nitrogen and oxygen atoms in total. The van der Waals surface area contributed by atoms with E-state index in [9.17, 15) is 4.79 Å². The van der Waals surface area contributed by atoms with Gasteiger partial charge in [-0.2, -0.15) is 10.2 Å². The summed E-state index contributed by atoms with van der Waals surface area (Å²) < 4.78 is 3.49. The van der Waals surface area contributed by atoms with Crippen LogP contribution in [0.5, 0.6) is 0 Å². The predicted molar refractivity (Wildman–Crippen MR) is 92.1 cm³/mol. The first-order valence-electron chi connectivity index (χ1n) is 8.06. The smallest absolute Gasteiger partial charge is 0.276 e. The highest BCUT2D eigenvalue weighted by molar-refractivity contribution is 6.34. The Bertz CT molecular complexity index is 757. The molecular formula is C16H23ClN6O. The van der Waals surface area contributed by atoms with Gasteiger partial charge in [0.25, 0.3) is 5.91 Å². The van der Waals surface area contributed by atoms with Crippen molar-refractivity contribution in [2.45, 2.75) is 20.4 Å². The van der Waals surface area contributed by atoms with E-state index in [1.54, 1.807) is 11.7 Å². The van der Waals surface area contributed by atoms with Crippen LogP contribution >= 0.6 is 11.6 Å². The lowest BCUT2D eigenvalue weighted by Gasteiger charge is -2.34. The number of aryl methyl sites for hydroxylation is 3. The molecule has 3 rings (SSSR count). The zero-order valence-electron chi connectivity index (χ0n) is 14.6. The van der Waals surface area contributed by atoms with Gasteiger partial charge in [0.1, 0.15) is 0 Å². The van der Waals surface area contributed by atoms with Gasteiger partial charge in [-0.05, 0) is 13.8 Å². The van der Waals surface area contributed by atoms with E-state index in [0.29, 0.717) is 23.8 Å². The Balaban J connectivity index is 1.61. The first kappa shape index (κ1) is 17.0. The molecule has 0 radical (unpaired) electrons. The van der Waals surface area contributed by atoms with Gasteiger partial charge in [0.05, 0.1) is 16.4 Å². The fraction of sp³-hybridized carbons (Fsp3) is 0.562. The number of nitrogens with zero attached hydrogens (tertiary/aromatic N) is 6. The molecule has 0 spiro atoms. The quantitative estimate of drug-likeness (QED) is 0.839. The minimum absolute atomic E-state index is 0.0825. The summed E-state index contributed by atoms with van der Waals surface area (Å²) in [6, 6.07) is 0. The number of carbonyl (C=O) groups excluding carboxylic acids is 1. The van der Waals surface area contributed by atoms with Crippen molar-refractivity contribution in [1.82, 2.24) is 29.4 Å². The highest BCUT2D eigenvalue weighted by Gasteiger charge is 2.27. The second-order valence-electron chi connectivity index (χ2n) is 6.35. The molecule has 2 aromatic rings. The maximum atomic E-state index is 12.6. The molecule has 0 unspecified atom stereocenters. The van der Waals surface area contributed by atoms with Crippen molar-refractivity contribution < 1.29 is 4.79 Å². The van der Waals surface area contributed by atoms with Crippen LogP contribution in [0, 0.1) is 13.8 Å². The minimum Gasteiger partial charge on any atom is -0.335 e. The lowest BCUT2D eigenvalue weighted by atomic mass is 10.2. The third kappa shape index (κ3) is 3.18. The molecule has 0 saturated carbocycles. The summed E-state index contributed by atoms with van der Waals surface area (Å²) >= 11 is 6.23. The van der Waals surface area contributed by atoms with Gasteiger partial charge in [0.15, 0.2) is 5.69 Å². The van der Waals surface area contributed by atoms with Gasteiger partial charge in [0.2, 0.25) is 0 Å². The molecule has 24 heavy (non-hydrogen) atoms. The number of aromatic nitrogens is 4. The number of halogens is 1. The molecule has 8 heteroatoms. The monoisotopic (exact) mass is 350 g/mol. The summed E-state index contributed by atoms with van der Waals surface area (Å²) in [6.07, 6.45) is 2.06. The summed E-state index contributed by atoms with van der Waals surface area (Å²) in [5.41, 5.74) is 3.46. The number of hydrogen-bond donors (Lipinski definition) is 0. The molecular weight excluding hydrogens is 328 g/mol. The highest BCUT2D eigenvalue weighted by Crippen LogP contribution is 2.21. The maximum Gasteiger partial charge on any atom is 0.276 e. The molecule has 1 fully saturated rings. The Morgan fingerprint density at radius 3 is 2.33 bits per heavy atom. The topological polar surface area (TPSA) is 59.2 Å². The van der Waals surface area contributed by atoms with Crippen LogP contribution < -0.4 is 0 Å². The minimum atomic E-state index is -0.0825. The molecule has 3 heterocycles. The summed E-state index contributed by atoms with van der Waals surface area (Å²) in [5, 5.41) is 9.09. The molecule has 0 N–H and O–H groups in total. The molecule has 1 aliphatic rings. The molecule has 1 aliphatic heterocycles. The molecule has 0 bridgehead atoms. The van der Waals surface area contributed by atoms with Crippen LogP contribution in [0.2, 0.25) is 5.02 Å². The van der Waals surface area contributed by atoms with Gasteiger partial charge in [-0.25, -0.2) is 0 Å². The van der Waals surface area contributed by atoms with Crippen LogP contribution in [-0.4, -0.2) is 61.4 Å². The standard InChI is InChI=1S/C16H23ClN6O/c1-11-13(9-20(3)18-11)10-22-5-7-23(8-6-22)16(24)15-14(17)12(2)21(4)19-15/h9H,5-8,10H2,1-4H3. The number of rotatable bonds is 3. The zero-order valence-corrected chi connectivity index (χ0v) is 15.3. The van der Waals surface area contributed by atoms with Crippen LogP contribution in [0.1, 0.15) is 27.4 Å². The van der Waals surface area contributed by atoms with E-state index >= 15 is 0 Å². The van der Waals surface area contributed by atoms with Crippen molar-refractivity contribution >= 4 is 17.5 Å². The first-order chi connectivity index (χ1) is 11.4. The SMILES string of the molecule is Cc1nn(C)cc1CN1CCN(C(=O)c2nn(C)c(C)c2Cl)CC1. The van der Waals surface area contributed by atoms with Crippen molar-refractivity contribution in [3.8, 4) is 0 Å². The van der Waals surface area contributed by atoms with E-state index in [0.717, 1.165) is 31.0 Å². The maximum absolute atomic E-state index is 12.6. The molecule has 0 atom stereocenters. The predicted octanol–water partition coefficient (Wildman–Crippen LogP) is 1.38. The molecule has 0 aliphatic carbocycles. The lowest BCUT2D eigenvalue weighted by molar-refractivity contribution is 0.0622. The Morgan fingerprint density at radius 1 is 1.17 bits per heavy atom. The molecule has 2 aromatic heterocycles. The first-order valence-corrected chi connectivity index (χ1v) is 8.44. The summed E-state index contributed by atoms with van der Waals surface area (Å²) in [4.78, 5) is 16.8. The van der Waals surface area contributed by atoms with Gasteiger partial charge in [0, 0.05) is 58.6 Å². The van der Waals surface area contributed by atoms with Gasteiger partial charge in [-0.15, -0.1) is 0 Å². The Morgan fingerprint density at radius 2 is 1.83 bits per heavy atom. The average molecular weight is 351 g/mol. The Kier molecular flexibility index (Phi) is 4.64. The van der Waals surface area contributed by atoms with Gasteiger partial charge < -0.3 is 4.90 Å². The van der Waals surface area contributed by atoms with Crippen molar-refractivity contribution in [1.29, 1.82) is 0 Å². The van der Waals surface area contributed by atoms with Crippen LogP contribution in [-0.2, 0) is 20.6 Å². The largest absolute Gasteiger partial charge is 0.335 e. The summed E-state index contributed by atoms with van der Waals surface area (Å²) in [7, 11) is 3.73. The molecule has 1 amide bonds. The van der Waals surface area contributed by atoms with E-state index in [-0.39, 0.29) is 5.91 Å². The van der Waals surface area contributed by atoms with Gasteiger partial charge in [-0.1, -0.05) is 11.6 Å². The second-order valence-corrected chi connectivity index (χ2v) is 6.73. The highest BCUT2D eigenvalue weighted by atomic mass is 35.5. The van der Waals surface area contributed by atoms with E-state index in [4.69, 9.17) is 11.6 Å². The Labute approximate surface area is 146 Å². The molecule has 130 valence electrons. The lowest BCUT2D eigenvalue weighted by Crippen LogP contribution is -2.48. The average Bonchev–Trinajstić information content (AvgIpc) is 3.00. The van der Waals surface area contributed by atoms with Crippen molar-refractivity contribution in [2.75, 3.05) is 26.2 Å². The number of piperazine rings is 1. The molecule has 0 aromatic carbocycles. The van der Waals surface area contributed by atoms with Crippen molar-refractivity contribution in [3.63, 3.8) is 0 Å². The van der Waals surface area contributed by atoms with Crippen LogP contribution in [0.4, 0.5) is 0 Å². The van der Waals surface area contributed by atoms with Crippen molar-refractivity contribution in [3.05, 3.63) is 33.9 Å². The van der Waals surface area contributed by atoms with E-state index < -0.39 is 0 Å². The summed E-state index contributed by atoms with van der Waals surface area (Å²) in [5.74, 6) is -0.0825. The zero-order chi connectivity index (χ0) is 17.4. The van der Waals surface area contributed by atoms with Crippen molar-refractivity contribution in [2.24, 2.45) is 14.1 Å². The fourth-order valence-electron chi connectivity index (χ4n) is 3.02. The van der Waals surface area contributed by atoms with E-state index in [2.05, 4.69) is 21.3 Å². The van der Waals surface area contributed by atoms with Crippen LogP contribution in [0.3, 0.4) is 0 Å². The number of hydrogen-bond acceptors (Lipinski definition) is 4. The Hall–Kier alpha value is -1.86. The van der Waals surface area contributed by atoms with E-state index in [1.807, 2.05) is 30.5 Å².